The lowest BCUT2D eigenvalue weighted by Crippen LogP contribution is -2.45. The maximum absolute atomic E-state index is 12.2. The van der Waals surface area contributed by atoms with Gasteiger partial charge in [-0.25, -0.2) is 0 Å². The van der Waals surface area contributed by atoms with Gasteiger partial charge in [-0.3, -0.25) is 9.59 Å². The predicted octanol–water partition coefficient (Wildman–Crippen LogP) is 5.39. The smallest absolute Gasteiger partial charge is 0.200 e. The van der Waals surface area contributed by atoms with Crippen molar-refractivity contribution in [1.82, 2.24) is 0 Å². The molecule has 1 heterocycles. The Kier molecular flexibility index (Phi) is 6.85. The fourth-order valence-electron chi connectivity index (χ4n) is 2.66. The molecule has 0 aliphatic carbocycles. The van der Waals surface area contributed by atoms with Crippen LogP contribution in [0.5, 0.6) is 11.5 Å². The van der Waals surface area contributed by atoms with E-state index in [2.05, 4.69) is 22.6 Å². The van der Waals surface area contributed by atoms with E-state index in [9.17, 15) is 9.59 Å². The summed E-state index contributed by atoms with van der Waals surface area (Å²) in [6.45, 7) is 2.80. The molecule has 0 spiro atoms. The van der Waals surface area contributed by atoms with Crippen LogP contribution in [0.1, 0.15) is 13.8 Å². The summed E-state index contributed by atoms with van der Waals surface area (Å²) in [6.07, 6.45) is -2.04. The minimum absolute atomic E-state index is 0.269. The zero-order valence-corrected chi connectivity index (χ0v) is 18.4. The lowest BCUT2D eigenvalue weighted by molar-refractivity contribution is -0.137. The number of benzene rings is 2. The van der Waals surface area contributed by atoms with Crippen LogP contribution in [0, 0.1) is 3.57 Å². The monoisotopic (exact) mass is 506 g/mol. The average molecular weight is 506 g/mol. The Bertz CT molecular complexity index is 934. The lowest BCUT2D eigenvalue weighted by Gasteiger charge is -2.25. The fourth-order valence-corrected chi connectivity index (χ4v) is 3.76. The van der Waals surface area contributed by atoms with E-state index in [1.54, 1.807) is 35.6 Å². The second-order valence-corrected chi connectivity index (χ2v) is 8.45. The largest absolute Gasteiger partial charge is 0.478 e. The molecule has 0 saturated carbocycles. The number of halogens is 1. The minimum Gasteiger partial charge on any atom is -0.478 e. The van der Waals surface area contributed by atoms with E-state index < -0.39 is 12.2 Å². The maximum atomic E-state index is 12.2. The normalized spacial score (nSPS) is 12.8. The Hall–Kier alpha value is -2.19. The first-order valence-electron chi connectivity index (χ1n) is 8.68. The van der Waals surface area contributed by atoms with Gasteiger partial charge in [0.25, 0.3) is 0 Å². The fraction of sp³-hybridized carbons (Fsp3) is 0.182. The number of hydrogen-bond acceptors (Lipinski definition) is 5. The van der Waals surface area contributed by atoms with Crippen molar-refractivity contribution in [2.45, 2.75) is 26.1 Å². The second kappa shape index (κ2) is 9.34. The summed E-state index contributed by atoms with van der Waals surface area (Å²) in [5.41, 5.74) is 1.07. The molecule has 1 aromatic heterocycles. The van der Waals surface area contributed by atoms with Gasteiger partial charge in [0.15, 0.2) is 23.8 Å². The molecule has 2 unspecified atom stereocenters. The average Bonchev–Trinajstić information content (AvgIpc) is 3.21. The molecule has 0 saturated heterocycles. The molecule has 2 aromatic carbocycles. The third-order valence-corrected chi connectivity index (χ3v) is 5.71. The molecule has 0 aliphatic rings. The lowest BCUT2D eigenvalue weighted by atomic mass is 10.1. The van der Waals surface area contributed by atoms with E-state index >= 15 is 0 Å². The zero-order valence-electron chi connectivity index (χ0n) is 15.4. The summed E-state index contributed by atoms with van der Waals surface area (Å²) in [7, 11) is 0. The molecule has 0 bridgehead atoms. The number of ether oxygens (including phenoxy) is 2. The van der Waals surface area contributed by atoms with E-state index in [1.165, 1.54) is 13.8 Å². The van der Waals surface area contributed by atoms with Crippen LogP contribution < -0.4 is 9.47 Å². The number of thiophene rings is 1. The van der Waals surface area contributed by atoms with E-state index in [-0.39, 0.29) is 11.6 Å². The summed E-state index contributed by atoms with van der Waals surface area (Å²) in [5.74, 6) is 0.489. The highest BCUT2D eigenvalue weighted by atomic mass is 127. The van der Waals surface area contributed by atoms with E-state index in [0.717, 1.165) is 14.0 Å². The molecule has 3 aromatic rings. The summed E-state index contributed by atoms with van der Waals surface area (Å²) in [5, 5.41) is 2.02. The summed E-state index contributed by atoms with van der Waals surface area (Å²) >= 11 is 3.84. The Morgan fingerprint density at radius 2 is 1.32 bits per heavy atom. The molecule has 4 nitrogen and oxygen atoms in total. The molecule has 0 fully saturated rings. The van der Waals surface area contributed by atoms with Crippen molar-refractivity contribution in [2.24, 2.45) is 0 Å². The Morgan fingerprint density at radius 1 is 0.821 bits per heavy atom. The standard InChI is InChI=1S/C22H19IO4S/c1-14(24)21(22(15(2)25)27-19-11-7-17(23)8-12-19)26-18-9-5-16(6-10-18)20-4-3-13-28-20/h3-13,21-22H,1-2H3. The molecule has 2 atom stereocenters. The Labute approximate surface area is 181 Å². The number of Topliss-reactive ketones (excluding diaryl/α,β-unsaturated/α-hetero) is 2. The van der Waals surface area contributed by atoms with Crippen molar-refractivity contribution >= 4 is 45.5 Å². The highest BCUT2D eigenvalue weighted by molar-refractivity contribution is 14.1. The molecule has 3 rings (SSSR count). The minimum atomic E-state index is -1.02. The van der Waals surface area contributed by atoms with E-state index in [0.29, 0.717) is 11.5 Å². The first-order valence-corrected chi connectivity index (χ1v) is 10.6. The van der Waals surface area contributed by atoms with Gasteiger partial charge in [-0.1, -0.05) is 6.07 Å². The van der Waals surface area contributed by atoms with Crippen LogP contribution in [0.3, 0.4) is 0 Å². The van der Waals surface area contributed by atoms with Crippen LogP contribution in [0.15, 0.2) is 66.0 Å². The topological polar surface area (TPSA) is 52.6 Å². The van der Waals surface area contributed by atoms with Crippen LogP contribution in [-0.2, 0) is 9.59 Å². The van der Waals surface area contributed by atoms with Gasteiger partial charge in [0.2, 0.25) is 0 Å². The van der Waals surface area contributed by atoms with Crippen LogP contribution in [0.25, 0.3) is 10.4 Å². The molecule has 0 aliphatic heterocycles. The van der Waals surface area contributed by atoms with Crippen molar-refractivity contribution in [3.63, 3.8) is 0 Å². The Balaban J connectivity index is 1.79. The van der Waals surface area contributed by atoms with Gasteiger partial charge in [0.1, 0.15) is 11.5 Å². The number of ketones is 2. The predicted molar refractivity (Wildman–Crippen MR) is 119 cm³/mol. The number of carbonyl (C=O) groups excluding carboxylic acids is 2. The van der Waals surface area contributed by atoms with Crippen LogP contribution in [0.4, 0.5) is 0 Å². The molecule has 0 amide bonds. The highest BCUT2D eigenvalue weighted by Crippen LogP contribution is 2.27. The third-order valence-electron chi connectivity index (χ3n) is 4.08. The van der Waals surface area contributed by atoms with Crippen molar-refractivity contribution in [1.29, 1.82) is 0 Å². The van der Waals surface area contributed by atoms with Gasteiger partial charge in [-0.05, 0) is 102 Å². The molecule has 6 heteroatoms. The first-order chi connectivity index (χ1) is 13.4. The first kappa shape index (κ1) is 20.5. The SMILES string of the molecule is CC(=O)C(Oc1ccc(I)cc1)C(Oc1ccc(-c2cccs2)cc1)C(C)=O. The quantitative estimate of drug-likeness (QED) is 0.385. The molecular weight excluding hydrogens is 487 g/mol. The van der Waals surface area contributed by atoms with Gasteiger partial charge in [-0.2, -0.15) is 0 Å². The summed E-state index contributed by atoms with van der Waals surface area (Å²) < 4.78 is 12.7. The van der Waals surface area contributed by atoms with Gasteiger partial charge in [0, 0.05) is 8.45 Å². The Morgan fingerprint density at radius 3 is 1.75 bits per heavy atom. The summed E-state index contributed by atoms with van der Waals surface area (Å²) in [4.78, 5) is 25.6. The molecule has 0 N–H and O–H groups in total. The number of carbonyl (C=O) groups is 2. The van der Waals surface area contributed by atoms with Crippen molar-refractivity contribution < 1.29 is 19.1 Å². The zero-order chi connectivity index (χ0) is 20.1. The highest BCUT2D eigenvalue weighted by Gasteiger charge is 2.33. The van der Waals surface area contributed by atoms with Gasteiger partial charge >= 0.3 is 0 Å². The second-order valence-electron chi connectivity index (χ2n) is 6.25. The van der Waals surface area contributed by atoms with E-state index in [4.69, 9.17) is 9.47 Å². The molecular formula is C22H19IO4S. The third kappa shape index (κ3) is 5.20. The van der Waals surface area contributed by atoms with Gasteiger partial charge < -0.3 is 9.47 Å². The molecule has 0 radical (unpaired) electrons. The molecule has 28 heavy (non-hydrogen) atoms. The maximum Gasteiger partial charge on any atom is 0.200 e. The number of hydrogen-bond donors (Lipinski definition) is 0. The van der Waals surface area contributed by atoms with Crippen LogP contribution in [-0.4, -0.2) is 23.8 Å². The van der Waals surface area contributed by atoms with Crippen molar-refractivity contribution in [2.75, 3.05) is 0 Å². The number of rotatable bonds is 8. The van der Waals surface area contributed by atoms with Gasteiger partial charge in [-0.15, -0.1) is 11.3 Å². The van der Waals surface area contributed by atoms with Crippen LogP contribution in [0.2, 0.25) is 0 Å². The van der Waals surface area contributed by atoms with Crippen molar-refractivity contribution in [3.8, 4) is 21.9 Å². The molecule has 144 valence electrons. The van der Waals surface area contributed by atoms with Gasteiger partial charge in [0.05, 0.1) is 0 Å². The van der Waals surface area contributed by atoms with E-state index in [1.807, 2.05) is 41.8 Å². The van der Waals surface area contributed by atoms with Crippen molar-refractivity contribution in [3.05, 3.63) is 69.6 Å². The van der Waals surface area contributed by atoms with Crippen LogP contribution >= 0.6 is 33.9 Å². The summed E-state index contributed by atoms with van der Waals surface area (Å²) in [6, 6.07) is 18.8.